The normalized spacial score (nSPS) is 11.7. The van der Waals surface area contributed by atoms with E-state index >= 15 is 0 Å². The zero-order chi connectivity index (χ0) is 22.4. The van der Waals surface area contributed by atoms with Crippen molar-refractivity contribution >= 4 is 22.3 Å². The topological polar surface area (TPSA) is 135 Å². The van der Waals surface area contributed by atoms with E-state index in [1.165, 1.54) is 22.5 Å². The quantitative estimate of drug-likeness (QED) is 0.440. The van der Waals surface area contributed by atoms with E-state index in [4.69, 9.17) is 0 Å². The molecule has 0 aliphatic carbocycles. The van der Waals surface area contributed by atoms with Crippen molar-refractivity contribution in [1.29, 1.82) is 0 Å². The van der Waals surface area contributed by atoms with E-state index in [2.05, 4.69) is 15.0 Å². The maximum absolute atomic E-state index is 12.7. The largest absolute Gasteiger partial charge is 0.332 e. The minimum atomic E-state index is -0.498. The van der Waals surface area contributed by atoms with Crippen molar-refractivity contribution in [2.45, 2.75) is 46.3 Å². The molecule has 12 nitrogen and oxygen atoms in total. The number of rotatable bonds is 6. The number of hydrogen-bond acceptors (Lipinski definition) is 6. The van der Waals surface area contributed by atoms with Crippen LogP contribution < -0.4 is 22.5 Å². The van der Waals surface area contributed by atoms with Crippen molar-refractivity contribution in [3.8, 4) is 0 Å². The van der Waals surface area contributed by atoms with Crippen LogP contribution in [-0.2, 0) is 33.7 Å². The molecule has 0 spiro atoms. The van der Waals surface area contributed by atoms with Crippen molar-refractivity contribution in [2.75, 3.05) is 0 Å². The van der Waals surface area contributed by atoms with E-state index in [9.17, 15) is 19.2 Å². The lowest BCUT2D eigenvalue weighted by molar-refractivity contribution is 0.612. The standard InChI is InChI=1S/C19H24N8O4/c1-5-7-8-27-15-12(16(28)22-18(27)30)26(6-2)11(21-15)9-25-10-20-14-13(25)17(29)24(4)19(31)23(14)3/h10H,5-9H2,1-4H3,(H,22,28,30). The Kier molecular flexibility index (Phi) is 4.99. The van der Waals surface area contributed by atoms with Crippen LogP contribution in [0, 0.1) is 0 Å². The Morgan fingerprint density at radius 3 is 2.39 bits per heavy atom. The van der Waals surface area contributed by atoms with E-state index in [1.807, 2.05) is 13.8 Å². The number of imidazole rings is 2. The average Bonchev–Trinajstić information content (AvgIpc) is 3.32. The number of aromatic amines is 1. The number of hydrogen-bond donors (Lipinski definition) is 1. The van der Waals surface area contributed by atoms with E-state index in [0.717, 1.165) is 17.4 Å². The van der Waals surface area contributed by atoms with E-state index in [-0.39, 0.29) is 17.7 Å². The highest BCUT2D eigenvalue weighted by atomic mass is 16.2. The molecule has 0 aliphatic heterocycles. The number of aromatic nitrogens is 8. The number of H-pyrrole nitrogens is 1. The summed E-state index contributed by atoms with van der Waals surface area (Å²) in [5.41, 5.74) is -0.747. The Morgan fingerprint density at radius 2 is 1.71 bits per heavy atom. The van der Waals surface area contributed by atoms with Crippen LogP contribution in [0.3, 0.4) is 0 Å². The van der Waals surface area contributed by atoms with Crippen molar-refractivity contribution < 1.29 is 0 Å². The maximum atomic E-state index is 12.7. The monoisotopic (exact) mass is 428 g/mol. The van der Waals surface area contributed by atoms with Crippen LogP contribution in [0.1, 0.15) is 32.5 Å². The molecule has 0 atom stereocenters. The molecule has 4 rings (SSSR count). The lowest BCUT2D eigenvalue weighted by atomic mass is 10.3. The minimum absolute atomic E-state index is 0.147. The van der Waals surface area contributed by atoms with Gasteiger partial charge in [0.1, 0.15) is 5.82 Å². The zero-order valence-corrected chi connectivity index (χ0v) is 17.9. The van der Waals surface area contributed by atoms with E-state index in [0.29, 0.717) is 30.1 Å². The van der Waals surface area contributed by atoms with Crippen LogP contribution in [0.2, 0.25) is 0 Å². The Morgan fingerprint density at radius 1 is 0.968 bits per heavy atom. The highest BCUT2D eigenvalue weighted by Crippen LogP contribution is 2.15. The SMILES string of the molecule is CCCCn1c(=O)[nH]c(=O)c2c1nc(Cn1cnc3c1c(=O)n(C)c(=O)n3C)n2CC. The molecule has 1 N–H and O–H groups in total. The fourth-order valence-electron chi connectivity index (χ4n) is 3.87. The molecule has 0 aliphatic rings. The van der Waals surface area contributed by atoms with Gasteiger partial charge in [0.05, 0.1) is 12.9 Å². The molecule has 164 valence electrons. The second-order valence-corrected chi connectivity index (χ2v) is 7.46. The molecule has 0 bridgehead atoms. The number of aryl methyl sites for hydroxylation is 3. The van der Waals surface area contributed by atoms with Gasteiger partial charge >= 0.3 is 11.4 Å². The molecular formula is C19H24N8O4. The summed E-state index contributed by atoms with van der Waals surface area (Å²) in [5.74, 6) is 0.508. The molecule has 0 aromatic carbocycles. The fourth-order valence-corrected chi connectivity index (χ4v) is 3.87. The fraction of sp³-hybridized carbons (Fsp3) is 0.474. The van der Waals surface area contributed by atoms with Crippen molar-refractivity contribution in [2.24, 2.45) is 14.1 Å². The molecule has 0 radical (unpaired) electrons. The Balaban J connectivity index is 1.95. The molecular weight excluding hydrogens is 404 g/mol. The van der Waals surface area contributed by atoms with Crippen LogP contribution in [-0.4, -0.2) is 37.8 Å². The van der Waals surface area contributed by atoms with Gasteiger partial charge in [-0.15, -0.1) is 0 Å². The summed E-state index contributed by atoms with van der Waals surface area (Å²) in [7, 11) is 2.96. The highest BCUT2D eigenvalue weighted by molar-refractivity contribution is 5.72. The summed E-state index contributed by atoms with van der Waals surface area (Å²) in [6.07, 6.45) is 3.13. The molecule has 0 saturated heterocycles. The second kappa shape index (κ2) is 7.52. The first-order valence-corrected chi connectivity index (χ1v) is 10.1. The molecule has 0 amide bonds. The summed E-state index contributed by atoms with van der Waals surface area (Å²) < 4.78 is 7.14. The first-order chi connectivity index (χ1) is 14.8. The van der Waals surface area contributed by atoms with Gasteiger partial charge in [-0.05, 0) is 13.3 Å². The molecule has 31 heavy (non-hydrogen) atoms. The van der Waals surface area contributed by atoms with Crippen LogP contribution in [0.4, 0.5) is 0 Å². The van der Waals surface area contributed by atoms with Crippen LogP contribution in [0.5, 0.6) is 0 Å². The third kappa shape index (κ3) is 3.05. The summed E-state index contributed by atoms with van der Waals surface area (Å²) in [5, 5.41) is 0. The Labute approximate surface area is 175 Å². The molecule has 4 heterocycles. The third-order valence-corrected chi connectivity index (χ3v) is 5.55. The van der Waals surface area contributed by atoms with Crippen LogP contribution in [0.15, 0.2) is 25.5 Å². The number of nitrogens with zero attached hydrogens (tertiary/aromatic N) is 7. The van der Waals surface area contributed by atoms with Crippen LogP contribution >= 0.6 is 0 Å². The van der Waals surface area contributed by atoms with Crippen molar-refractivity contribution in [3.05, 3.63) is 53.8 Å². The molecule has 4 aromatic rings. The first kappa shape index (κ1) is 20.6. The van der Waals surface area contributed by atoms with Crippen molar-refractivity contribution in [1.82, 2.24) is 37.8 Å². The van der Waals surface area contributed by atoms with Gasteiger partial charge < -0.3 is 9.13 Å². The molecule has 4 aromatic heterocycles. The second-order valence-electron chi connectivity index (χ2n) is 7.46. The zero-order valence-electron chi connectivity index (χ0n) is 17.9. The van der Waals surface area contributed by atoms with Gasteiger partial charge in [0.25, 0.3) is 11.1 Å². The first-order valence-electron chi connectivity index (χ1n) is 10.1. The maximum Gasteiger partial charge on any atom is 0.332 e. The van der Waals surface area contributed by atoms with E-state index < -0.39 is 22.5 Å². The molecule has 0 unspecified atom stereocenters. The van der Waals surface area contributed by atoms with Gasteiger partial charge in [-0.2, -0.15) is 0 Å². The number of nitrogens with one attached hydrogen (secondary N) is 1. The van der Waals surface area contributed by atoms with Gasteiger partial charge in [0.15, 0.2) is 22.3 Å². The summed E-state index contributed by atoms with van der Waals surface area (Å²) in [4.78, 5) is 61.1. The predicted octanol–water partition coefficient (Wildman–Crippen LogP) is -0.498. The minimum Gasteiger partial charge on any atom is -0.321 e. The molecule has 12 heteroatoms. The van der Waals surface area contributed by atoms with Crippen molar-refractivity contribution in [3.63, 3.8) is 0 Å². The number of unbranched alkanes of at least 4 members (excludes halogenated alkanes) is 1. The smallest absolute Gasteiger partial charge is 0.321 e. The van der Waals surface area contributed by atoms with Gasteiger partial charge in [-0.3, -0.25) is 28.3 Å². The Hall–Kier alpha value is -3.70. The average molecular weight is 428 g/mol. The van der Waals surface area contributed by atoms with Gasteiger partial charge in [-0.25, -0.2) is 19.6 Å². The van der Waals surface area contributed by atoms with Gasteiger partial charge in [0.2, 0.25) is 0 Å². The summed E-state index contributed by atoms with van der Waals surface area (Å²) in [6, 6.07) is 0. The number of fused-ring (bicyclic) bond motifs is 2. The van der Waals surface area contributed by atoms with Gasteiger partial charge in [0, 0.05) is 27.2 Å². The lowest BCUT2D eigenvalue weighted by Gasteiger charge is -2.08. The molecule has 0 saturated carbocycles. The predicted molar refractivity (Wildman–Crippen MR) is 115 cm³/mol. The third-order valence-electron chi connectivity index (χ3n) is 5.55. The molecule has 0 fully saturated rings. The van der Waals surface area contributed by atoms with Crippen LogP contribution in [0.25, 0.3) is 22.3 Å². The summed E-state index contributed by atoms with van der Waals surface area (Å²) >= 11 is 0. The highest BCUT2D eigenvalue weighted by Gasteiger charge is 2.20. The summed E-state index contributed by atoms with van der Waals surface area (Å²) in [6.45, 7) is 4.93. The van der Waals surface area contributed by atoms with Gasteiger partial charge in [-0.1, -0.05) is 13.3 Å². The Bertz CT molecular complexity index is 1540. The lowest BCUT2D eigenvalue weighted by Crippen LogP contribution is -2.37. The van der Waals surface area contributed by atoms with E-state index in [1.54, 1.807) is 16.2 Å².